The van der Waals surface area contributed by atoms with Crippen molar-refractivity contribution in [3.63, 3.8) is 0 Å². The summed E-state index contributed by atoms with van der Waals surface area (Å²) in [5.74, 6) is 1.62. The van der Waals surface area contributed by atoms with Crippen molar-refractivity contribution in [2.24, 2.45) is 0 Å². The number of rotatable bonds is 4. The fourth-order valence-corrected chi connectivity index (χ4v) is 3.73. The lowest BCUT2D eigenvalue weighted by Gasteiger charge is -2.38. The van der Waals surface area contributed by atoms with Crippen molar-refractivity contribution < 1.29 is 9.21 Å². The summed E-state index contributed by atoms with van der Waals surface area (Å²) in [6.07, 6.45) is 7.74. The maximum absolute atomic E-state index is 12.8. The van der Waals surface area contributed by atoms with E-state index < -0.39 is 0 Å². The van der Waals surface area contributed by atoms with Crippen LogP contribution in [-0.2, 0) is 11.8 Å². The summed E-state index contributed by atoms with van der Waals surface area (Å²) in [5.41, 5.74) is 1.60. The third-order valence-corrected chi connectivity index (χ3v) is 5.20. The monoisotopic (exact) mass is 361 g/mol. The standard InChI is InChI=1S/C22H23N3O2/c1-22(21-24-15-19(27-21)14-17-6-3-2-4-7-17)10-5-13-25(16-22)20(26)18-8-11-23-12-9-18/h2-4,6-9,11-12,15H,5,10,13-14,16H2,1H3/t22-/m1/s1. The van der Waals surface area contributed by atoms with Crippen LogP contribution in [0, 0.1) is 0 Å². The van der Waals surface area contributed by atoms with Gasteiger partial charge in [-0.3, -0.25) is 9.78 Å². The van der Waals surface area contributed by atoms with Crippen LogP contribution in [0.5, 0.6) is 0 Å². The Bertz CT molecular complexity index is 908. The van der Waals surface area contributed by atoms with Crippen molar-refractivity contribution in [1.29, 1.82) is 0 Å². The first-order valence-corrected chi connectivity index (χ1v) is 9.32. The van der Waals surface area contributed by atoms with Crippen LogP contribution in [0.3, 0.4) is 0 Å². The van der Waals surface area contributed by atoms with Gasteiger partial charge in [0.1, 0.15) is 5.76 Å². The maximum atomic E-state index is 12.8. The number of pyridine rings is 1. The summed E-state index contributed by atoms with van der Waals surface area (Å²) in [7, 11) is 0. The SMILES string of the molecule is C[C@@]1(c2ncc(Cc3ccccc3)o2)CCCN(C(=O)c2ccncc2)C1. The number of hydrogen-bond donors (Lipinski definition) is 0. The van der Waals surface area contributed by atoms with Gasteiger partial charge in [-0.1, -0.05) is 30.3 Å². The number of amides is 1. The topological polar surface area (TPSA) is 59.2 Å². The Morgan fingerprint density at radius 2 is 1.96 bits per heavy atom. The molecule has 1 atom stereocenters. The second kappa shape index (κ2) is 7.35. The number of benzene rings is 1. The minimum Gasteiger partial charge on any atom is -0.445 e. The third kappa shape index (κ3) is 3.77. The zero-order valence-electron chi connectivity index (χ0n) is 15.5. The van der Waals surface area contributed by atoms with Crippen LogP contribution < -0.4 is 0 Å². The quantitative estimate of drug-likeness (QED) is 0.708. The van der Waals surface area contributed by atoms with Crippen LogP contribution in [0.2, 0.25) is 0 Å². The van der Waals surface area contributed by atoms with Gasteiger partial charge >= 0.3 is 0 Å². The highest BCUT2D eigenvalue weighted by atomic mass is 16.4. The molecule has 0 aliphatic carbocycles. The van der Waals surface area contributed by atoms with Crippen molar-refractivity contribution in [2.45, 2.75) is 31.6 Å². The molecule has 3 heterocycles. The van der Waals surface area contributed by atoms with E-state index in [4.69, 9.17) is 4.42 Å². The normalized spacial score (nSPS) is 19.8. The van der Waals surface area contributed by atoms with Crippen molar-refractivity contribution in [3.8, 4) is 0 Å². The number of oxazole rings is 1. The Hall–Kier alpha value is -2.95. The van der Waals surface area contributed by atoms with Crippen LogP contribution in [0.25, 0.3) is 0 Å². The van der Waals surface area contributed by atoms with E-state index in [1.54, 1.807) is 24.5 Å². The van der Waals surface area contributed by atoms with E-state index >= 15 is 0 Å². The zero-order valence-corrected chi connectivity index (χ0v) is 15.5. The summed E-state index contributed by atoms with van der Waals surface area (Å²) in [5, 5.41) is 0. The van der Waals surface area contributed by atoms with Crippen molar-refractivity contribution in [1.82, 2.24) is 14.9 Å². The number of hydrogen-bond acceptors (Lipinski definition) is 4. The van der Waals surface area contributed by atoms with Gasteiger partial charge in [-0.2, -0.15) is 0 Å². The van der Waals surface area contributed by atoms with Gasteiger partial charge in [-0.25, -0.2) is 4.98 Å². The summed E-state index contributed by atoms with van der Waals surface area (Å²) < 4.78 is 6.10. The van der Waals surface area contributed by atoms with Gasteiger partial charge in [0.05, 0.1) is 11.6 Å². The van der Waals surface area contributed by atoms with Crippen molar-refractivity contribution in [2.75, 3.05) is 13.1 Å². The Morgan fingerprint density at radius 3 is 2.74 bits per heavy atom. The Balaban J connectivity index is 1.50. The lowest BCUT2D eigenvalue weighted by atomic mass is 9.81. The molecule has 0 unspecified atom stereocenters. The molecule has 5 nitrogen and oxygen atoms in total. The number of nitrogens with zero attached hydrogens (tertiary/aromatic N) is 3. The molecule has 0 radical (unpaired) electrons. The molecule has 3 aromatic rings. The van der Waals surface area contributed by atoms with E-state index in [1.165, 1.54) is 5.56 Å². The Morgan fingerprint density at radius 1 is 1.19 bits per heavy atom. The summed E-state index contributed by atoms with van der Waals surface area (Å²) in [6.45, 7) is 3.50. The van der Waals surface area contributed by atoms with Gasteiger partial charge in [0.2, 0.25) is 5.89 Å². The minimum absolute atomic E-state index is 0.0411. The summed E-state index contributed by atoms with van der Waals surface area (Å²) >= 11 is 0. The summed E-state index contributed by atoms with van der Waals surface area (Å²) in [6, 6.07) is 13.7. The molecule has 1 aliphatic rings. The highest BCUT2D eigenvalue weighted by Gasteiger charge is 2.38. The van der Waals surface area contributed by atoms with E-state index in [0.29, 0.717) is 12.1 Å². The molecule has 27 heavy (non-hydrogen) atoms. The molecule has 1 saturated heterocycles. The van der Waals surface area contributed by atoms with Crippen LogP contribution in [0.1, 0.15) is 47.3 Å². The van der Waals surface area contributed by atoms with Crippen LogP contribution in [0.15, 0.2) is 65.5 Å². The lowest BCUT2D eigenvalue weighted by molar-refractivity contribution is 0.0626. The van der Waals surface area contributed by atoms with E-state index in [2.05, 4.69) is 29.0 Å². The van der Waals surface area contributed by atoms with E-state index in [0.717, 1.165) is 37.5 Å². The first-order chi connectivity index (χ1) is 13.1. The van der Waals surface area contributed by atoms with E-state index in [-0.39, 0.29) is 11.3 Å². The molecule has 1 aromatic carbocycles. The number of aromatic nitrogens is 2. The molecule has 0 N–H and O–H groups in total. The second-order valence-corrected chi connectivity index (χ2v) is 7.42. The maximum Gasteiger partial charge on any atom is 0.253 e. The van der Waals surface area contributed by atoms with Gasteiger partial charge < -0.3 is 9.32 Å². The minimum atomic E-state index is -0.268. The molecule has 0 bridgehead atoms. The zero-order chi connectivity index (χ0) is 18.7. The fourth-order valence-electron chi connectivity index (χ4n) is 3.73. The number of carbonyl (C=O) groups excluding carboxylic acids is 1. The Kier molecular flexibility index (Phi) is 4.75. The average Bonchev–Trinajstić information content (AvgIpc) is 3.18. The third-order valence-electron chi connectivity index (χ3n) is 5.20. The Labute approximate surface area is 159 Å². The first-order valence-electron chi connectivity index (χ1n) is 9.32. The van der Waals surface area contributed by atoms with Gasteiger partial charge in [0.25, 0.3) is 5.91 Å². The number of piperidine rings is 1. The molecule has 2 aromatic heterocycles. The number of carbonyl (C=O) groups is 1. The van der Waals surface area contributed by atoms with Gasteiger partial charge in [0, 0.05) is 37.5 Å². The molecule has 0 spiro atoms. The van der Waals surface area contributed by atoms with Crippen LogP contribution in [-0.4, -0.2) is 33.9 Å². The average molecular weight is 361 g/mol. The first kappa shape index (κ1) is 17.5. The largest absolute Gasteiger partial charge is 0.445 e. The predicted molar refractivity (Wildman–Crippen MR) is 102 cm³/mol. The van der Waals surface area contributed by atoms with Crippen molar-refractivity contribution in [3.05, 3.63) is 83.8 Å². The highest BCUT2D eigenvalue weighted by molar-refractivity contribution is 5.94. The van der Waals surface area contributed by atoms with Crippen LogP contribution >= 0.6 is 0 Å². The van der Waals surface area contributed by atoms with Crippen LogP contribution in [0.4, 0.5) is 0 Å². The molecular weight excluding hydrogens is 338 g/mol. The van der Waals surface area contributed by atoms with E-state index in [1.807, 2.05) is 29.3 Å². The molecule has 138 valence electrons. The molecule has 5 heteroatoms. The van der Waals surface area contributed by atoms with Gasteiger partial charge in [-0.15, -0.1) is 0 Å². The molecule has 0 saturated carbocycles. The second-order valence-electron chi connectivity index (χ2n) is 7.42. The predicted octanol–water partition coefficient (Wildman–Crippen LogP) is 3.85. The lowest BCUT2D eigenvalue weighted by Crippen LogP contribution is -2.47. The molecule has 1 amide bonds. The highest BCUT2D eigenvalue weighted by Crippen LogP contribution is 2.34. The van der Waals surface area contributed by atoms with Crippen molar-refractivity contribution >= 4 is 5.91 Å². The smallest absolute Gasteiger partial charge is 0.253 e. The molecule has 4 rings (SSSR count). The molecule has 1 fully saturated rings. The van der Waals surface area contributed by atoms with Gasteiger partial charge in [-0.05, 0) is 37.5 Å². The molecule has 1 aliphatic heterocycles. The van der Waals surface area contributed by atoms with Gasteiger partial charge in [0.15, 0.2) is 0 Å². The summed E-state index contributed by atoms with van der Waals surface area (Å²) in [4.78, 5) is 23.3. The molecular formula is C22H23N3O2. The number of likely N-dealkylation sites (tertiary alicyclic amines) is 1. The fraction of sp³-hybridized carbons (Fsp3) is 0.318. The van der Waals surface area contributed by atoms with E-state index in [9.17, 15) is 4.79 Å².